The van der Waals surface area contributed by atoms with Gasteiger partial charge in [-0.15, -0.1) is 0 Å². The van der Waals surface area contributed by atoms with E-state index in [1.807, 2.05) is 25.1 Å². The van der Waals surface area contributed by atoms with E-state index in [0.717, 1.165) is 5.56 Å². The summed E-state index contributed by atoms with van der Waals surface area (Å²) in [4.78, 5) is 13.9. The summed E-state index contributed by atoms with van der Waals surface area (Å²) in [5.74, 6) is 0.725. The second-order valence-corrected chi connectivity index (χ2v) is 4.92. The van der Waals surface area contributed by atoms with E-state index in [9.17, 15) is 9.18 Å². The highest BCUT2D eigenvalue weighted by molar-refractivity contribution is 5.95. The highest BCUT2D eigenvalue weighted by Gasteiger charge is 2.25. The fourth-order valence-corrected chi connectivity index (χ4v) is 2.45. The second kappa shape index (κ2) is 6.05. The Morgan fingerprint density at radius 2 is 2.00 bits per heavy atom. The van der Waals surface area contributed by atoms with Gasteiger partial charge in [0.2, 0.25) is 0 Å². The number of hydrogen-bond acceptors (Lipinski definition) is 3. The van der Waals surface area contributed by atoms with Crippen LogP contribution in [0.5, 0.6) is 11.5 Å². The van der Waals surface area contributed by atoms with Gasteiger partial charge in [0.25, 0.3) is 5.91 Å². The Morgan fingerprint density at radius 1 is 1.23 bits per heavy atom. The van der Waals surface area contributed by atoms with Crippen LogP contribution in [0.3, 0.4) is 0 Å². The fourth-order valence-electron chi connectivity index (χ4n) is 2.45. The lowest BCUT2D eigenvalue weighted by Gasteiger charge is -2.20. The van der Waals surface area contributed by atoms with Crippen molar-refractivity contribution >= 4 is 11.6 Å². The zero-order chi connectivity index (χ0) is 15.5. The summed E-state index contributed by atoms with van der Waals surface area (Å²) in [6.07, 6.45) is 0. The molecule has 0 N–H and O–H groups in total. The molecule has 0 atom stereocenters. The monoisotopic (exact) mass is 301 g/mol. The maximum Gasteiger partial charge on any atom is 0.265 e. The van der Waals surface area contributed by atoms with Crippen molar-refractivity contribution in [1.82, 2.24) is 0 Å². The van der Waals surface area contributed by atoms with Crippen LogP contribution in [-0.4, -0.2) is 19.1 Å². The van der Waals surface area contributed by atoms with E-state index >= 15 is 0 Å². The Kier molecular flexibility index (Phi) is 3.96. The van der Waals surface area contributed by atoms with Crippen LogP contribution in [0.2, 0.25) is 0 Å². The first-order chi connectivity index (χ1) is 10.7. The van der Waals surface area contributed by atoms with Gasteiger partial charge in [0, 0.05) is 11.3 Å². The van der Waals surface area contributed by atoms with E-state index < -0.39 is 0 Å². The maximum atomic E-state index is 13.1. The number of halogens is 1. The van der Waals surface area contributed by atoms with E-state index in [2.05, 4.69) is 0 Å². The van der Waals surface area contributed by atoms with Gasteiger partial charge in [0.05, 0.1) is 13.2 Å². The third kappa shape index (κ3) is 2.74. The lowest BCUT2D eigenvalue weighted by atomic mass is 10.1. The summed E-state index contributed by atoms with van der Waals surface area (Å²) >= 11 is 0. The van der Waals surface area contributed by atoms with Crippen molar-refractivity contribution in [2.75, 3.05) is 18.1 Å². The largest absolute Gasteiger partial charge is 0.490 e. The number of para-hydroxylation sites is 1. The molecule has 4 nitrogen and oxygen atoms in total. The third-order valence-electron chi connectivity index (χ3n) is 3.47. The summed E-state index contributed by atoms with van der Waals surface area (Å²) < 4.78 is 24.2. The minimum Gasteiger partial charge on any atom is -0.490 e. The Morgan fingerprint density at radius 3 is 2.73 bits per heavy atom. The molecule has 2 aromatic carbocycles. The number of nitrogens with zero attached hydrogens (tertiary/aromatic N) is 1. The molecule has 114 valence electrons. The molecule has 0 radical (unpaired) electrons. The van der Waals surface area contributed by atoms with Crippen molar-refractivity contribution in [3.05, 3.63) is 53.8 Å². The minimum atomic E-state index is -0.332. The lowest BCUT2D eigenvalue weighted by molar-refractivity contribution is -0.120. The van der Waals surface area contributed by atoms with Gasteiger partial charge in [0.1, 0.15) is 5.82 Å². The van der Waals surface area contributed by atoms with Crippen LogP contribution in [0, 0.1) is 5.82 Å². The number of carbonyl (C=O) groups is 1. The molecule has 0 bridgehead atoms. The summed E-state index contributed by atoms with van der Waals surface area (Å²) in [5.41, 5.74) is 1.51. The molecule has 0 saturated carbocycles. The number of amides is 1. The number of rotatable bonds is 3. The fraction of sp³-hybridized carbons (Fsp3) is 0.235. The van der Waals surface area contributed by atoms with E-state index in [0.29, 0.717) is 30.3 Å². The minimum absolute atomic E-state index is 0.0749. The Bertz CT molecular complexity index is 685. The number of carbonyl (C=O) groups excluding carboxylic acids is 1. The van der Waals surface area contributed by atoms with E-state index in [4.69, 9.17) is 9.47 Å². The van der Waals surface area contributed by atoms with Crippen molar-refractivity contribution in [3.8, 4) is 11.5 Å². The Hall–Kier alpha value is -2.56. The van der Waals surface area contributed by atoms with Crippen LogP contribution in [0.15, 0.2) is 42.5 Å². The number of ether oxygens (including phenoxy) is 2. The van der Waals surface area contributed by atoms with E-state index in [-0.39, 0.29) is 18.3 Å². The Balaban J connectivity index is 1.96. The summed E-state index contributed by atoms with van der Waals surface area (Å²) in [5, 5.41) is 0. The molecule has 1 aliphatic rings. The van der Waals surface area contributed by atoms with Crippen molar-refractivity contribution in [2.45, 2.75) is 13.5 Å². The average Bonchev–Trinajstić information content (AvgIpc) is 2.69. The molecule has 2 aromatic rings. The molecular formula is C17H16FNO3. The molecule has 0 aliphatic carbocycles. The van der Waals surface area contributed by atoms with E-state index in [1.54, 1.807) is 17.0 Å². The van der Waals surface area contributed by atoms with Crippen molar-refractivity contribution < 1.29 is 18.7 Å². The smallest absolute Gasteiger partial charge is 0.265 e. The van der Waals surface area contributed by atoms with Gasteiger partial charge in [-0.05, 0) is 37.3 Å². The zero-order valence-electron chi connectivity index (χ0n) is 12.2. The first-order valence-corrected chi connectivity index (χ1v) is 7.12. The normalized spacial score (nSPS) is 14.1. The van der Waals surface area contributed by atoms with Gasteiger partial charge in [0.15, 0.2) is 18.1 Å². The third-order valence-corrected chi connectivity index (χ3v) is 3.47. The topological polar surface area (TPSA) is 38.8 Å². The van der Waals surface area contributed by atoms with Crippen molar-refractivity contribution in [1.29, 1.82) is 0 Å². The SMILES string of the molecule is CCOc1cccc2c1OCC(=O)N(c1ccc(F)cc1)C2. The predicted octanol–water partition coefficient (Wildman–Crippen LogP) is 3.15. The zero-order valence-corrected chi connectivity index (χ0v) is 12.2. The van der Waals surface area contributed by atoms with Gasteiger partial charge >= 0.3 is 0 Å². The predicted molar refractivity (Wildman–Crippen MR) is 80.7 cm³/mol. The first kappa shape index (κ1) is 14.4. The average molecular weight is 301 g/mol. The van der Waals surface area contributed by atoms with Crippen LogP contribution in [0.25, 0.3) is 0 Å². The number of fused-ring (bicyclic) bond motifs is 1. The van der Waals surface area contributed by atoms with Crippen molar-refractivity contribution in [3.63, 3.8) is 0 Å². The van der Waals surface area contributed by atoms with Gasteiger partial charge < -0.3 is 14.4 Å². The summed E-state index contributed by atoms with van der Waals surface area (Å²) in [6, 6.07) is 11.4. The van der Waals surface area contributed by atoms with Gasteiger partial charge in [-0.1, -0.05) is 12.1 Å². The number of anilines is 1. The molecule has 0 unspecified atom stereocenters. The molecule has 3 rings (SSSR count). The molecule has 1 aliphatic heterocycles. The second-order valence-electron chi connectivity index (χ2n) is 4.92. The van der Waals surface area contributed by atoms with E-state index in [1.165, 1.54) is 12.1 Å². The number of hydrogen-bond donors (Lipinski definition) is 0. The standard InChI is InChI=1S/C17H16FNO3/c1-2-21-15-5-3-4-12-10-19(16(20)11-22-17(12)15)14-8-6-13(18)7-9-14/h3-9H,2,10-11H2,1H3. The maximum absolute atomic E-state index is 13.1. The summed E-state index contributed by atoms with van der Waals surface area (Å²) in [7, 11) is 0. The first-order valence-electron chi connectivity index (χ1n) is 7.12. The molecular weight excluding hydrogens is 285 g/mol. The van der Waals surface area contributed by atoms with Gasteiger partial charge in [-0.3, -0.25) is 4.79 Å². The van der Waals surface area contributed by atoms with Gasteiger partial charge in [-0.2, -0.15) is 0 Å². The van der Waals surface area contributed by atoms with Gasteiger partial charge in [-0.25, -0.2) is 4.39 Å². The van der Waals surface area contributed by atoms with Crippen LogP contribution in [0.1, 0.15) is 12.5 Å². The van der Waals surface area contributed by atoms with Crippen LogP contribution in [-0.2, 0) is 11.3 Å². The van der Waals surface area contributed by atoms with Crippen LogP contribution < -0.4 is 14.4 Å². The molecule has 0 fully saturated rings. The van der Waals surface area contributed by atoms with Crippen LogP contribution >= 0.6 is 0 Å². The molecule has 1 heterocycles. The highest BCUT2D eigenvalue weighted by atomic mass is 19.1. The molecule has 0 aromatic heterocycles. The molecule has 0 spiro atoms. The Labute approximate surface area is 128 Å². The highest BCUT2D eigenvalue weighted by Crippen LogP contribution is 2.35. The molecule has 0 saturated heterocycles. The summed E-state index contributed by atoms with van der Waals surface area (Å²) in [6.45, 7) is 2.71. The quantitative estimate of drug-likeness (QED) is 0.874. The molecule has 1 amide bonds. The van der Waals surface area contributed by atoms with Crippen molar-refractivity contribution in [2.24, 2.45) is 0 Å². The lowest BCUT2D eigenvalue weighted by Crippen LogP contribution is -2.32. The molecule has 22 heavy (non-hydrogen) atoms. The molecule has 5 heteroatoms. The number of benzene rings is 2. The van der Waals surface area contributed by atoms with Crippen LogP contribution in [0.4, 0.5) is 10.1 Å².